The normalized spacial score (nSPS) is 12.4. The summed E-state index contributed by atoms with van der Waals surface area (Å²) in [4.78, 5) is 8.72. The van der Waals surface area contributed by atoms with Gasteiger partial charge in [0.15, 0.2) is 0 Å². The molecule has 0 aliphatic carbocycles. The van der Waals surface area contributed by atoms with E-state index in [0.717, 1.165) is 18.8 Å². The zero-order valence-electron chi connectivity index (χ0n) is 11.9. The molecular formula is C16H21N3. The summed E-state index contributed by atoms with van der Waals surface area (Å²) in [6.45, 7) is 7.31. The first kappa shape index (κ1) is 13.7. The summed E-state index contributed by atoms with van der Waals surface area (Å²) in [5.41, 5.74) is 3.99. The molecular weight excluding hydrogens is 234 g/mol. The highest BCUT2D eigenvalue weighted by Gasteiger charge is 2.13. The first-order valence-electron chi connectivity index (χ1n) is 6.77. The molecule has 3 heteroatoms. The van der Waals surface area contributed by atoms with Crippen molar-refractivity contribution in [1.82, 2.24) is 15.3 Å². The van der Waals surface area contributed by atoms with E-state index in [9.17, 15) is 0 Å². The van der Waals surface area contributed by atoms with Crippen LogP contribution in [0.3, 0.4) is 0 Å². The summed E-state index contributed by atoms with van der Waals surface area (Å²) in [6.07, 6.45) is 4.51. The van der Waals surface area contributed by atoms with E-state index in [0.29, 0.717) is 0 Å². The van der Waals surface area contributed by atoms with Crippen molar-refractivity contribution in [1.29, 1.82) is 0 Å². The third-order valence-corrected chi connectivity index (χ3v) is 3.36. The smallest absolute Gasteiger partial charge is 0.145 e. The zero-order chi connectivity index (χ0) is 13.7. The van der Waals surface area contributed by atoms with Crippen LogP contribution in [0.25, 0.3) is 0 Å². The molecule has 1 atom stereocenters. The lowest BCUT2D eigenvalue weighted by atomic mass is 10.0. The van der Waals surface area contributed by atoms with Gasteiger partial charge in [0.2, 0.25) is 0 Å². The van der Waals surface area contributed by atoms with Crippen molar-refractivity contribution >= 4 is 0 Å². The lowest BCUT2D eigenvalue weighted by molar-refractivity contribution is 0.521. The second-order valence-electron chi connectivity index (χ2n) is 4.84. The zero-order valence-corrected chi connectivity index (χ0v) is 11.9. The number of benzene rings is 1. The monoisotopic (exact) mass is 255 g/mol. The highest BCUT2D eigenvalue weighted by atomic mass is 15.0. The summed E-state index contributed by atoms with van der Waals surface area (Å²) in [7, 11) is 0. The van der Waals surface area contributed by atoms with Crippen LogP contribution in [0.1, 0.15) is 35.5 Å². The molecule has 0 saturated carbocycles. The average molecular weight is 255 g/mol. The standard InChI is InChI=1S/C16H21N3/c1-4-17-15(16-18-8-5-9-19-16)11-14-7-6-12(2)13(3)10-14/h5-10,15,17H,4,11H2,1-3H3. The van der Waals surface area contributed by atoms with Crippen molar-refractivity contribution in [3.8, 4) is 0 Å². The van der Waals surface area contributed by atoms with Gasteiger partial charge in [-0.25, -0.2) is 9.97 Å². The topological polar surface area (TPSA) is 37.8 Å². The Morgan fingerprint density at radius 2 is 1.84 bits per heavy atom. The van der Waals surface area contributed by atoms with Gasteiger partial charge in [-0.15, -0.1) is 0 Å². The molecule has 1 unspecified atom stereocenters. The van der Waals surface area contributed by atoms with Crippen molar-refractivity contribution in [3.05, 3.63) is 59.2 Å². The predicted octanol–water partition coefficient (Wildman–Crippen LogP) is 2.99. The largest absolute Gasteiger partial charge is 0.307 e. The molecule has 1 aromatic heterocycles. The number of aryl methyl sites for hydroxylation is 2. The number of hydrogen-bond acceptors (Lipinski definition) is 3. The van der Waals surface area contributed by atoms with Crippen molar-refractivity contribution in [2.24, 2.45) is 0 Å². The van der Waals surface area contributed by atoms with Gasteiger partial charge in [-0.1, -0.05) is 25.1 Å². The van der Waals surface area contributed by atoms with Crippen LogP contribution >= 0.6 is 0 Å². The van der Waals surface area contributed by atoms with E-state index in [2.05, 4.69) is 54.3 Å². The Balaban J connectivity index is 2.19. The highest BCUT2D eigenvalue weighted by molar-refractivity contribution is 5.30. The summed E-state index contributed by atoms with van der Waals surface area (Å²) >= 11 is 0. The van der Waals surface area contributed by atoms with Gasteiger partial charge in [-0.3, -0.25) is 0 Å². The highest BCUT2D eigenvalue weighted by Crippen LogP contribution is 2.17. The van der Waals surface area contributed by atoms with Gasteiger partial charge in [0.05, 0.1) is 6.04 Å². The summed E-state index contributed by atoms with van der Waals surface area (Å²) in [6, 6.07) is 8.65. The fourth-order valence-electron chi connectivity index (χ4n) is 2.16. The molecule has 0 bridgehead atoms. The number of rotatable bonds is 5. The van der Waals surface area contributed by atoms with Gasteiger partial charge >= 0.3 is 0 Å². The van der Waals surface area contributed by atoms with Gasteiger partial charge in [0.25, 0.3) is 0 Å². The van der Waals surface area contributed by atoms with E-state index in [4.69, 9.17) is 0 Å². The van der Waals surface area contributed by atoms with Gasteiger partial charge in [0, 0.05) is 12.4 Å². The minimum atomic E-state index is 0.174. The van der Waals surface area contributed by atoms with Crippen LogP contribution in [0.5, 0.6) is 0 Å². The van der Waals surface area contributed by atoms with Crippen LogP contribution in [-0.4, -0.2) is 16.5 Å². The van der Waals surface area contributed by atoms with Crippen LogP contribution in [0.2, 0.25) is 0 Å². The van der Waals surface area contributed by atoms with E-state index in [1.54, 1.807) is 12.4 Å². The molecule has 1 heterocycles. The Labute approximate surface area is 115 Å². The van der Waals surface area contributed by atoms with E-state index < -0.39 is 0 Å². The van der Waals surface area contributed by atoms with E-state index >= 15 is 0 Å². The quantitative estimate of drug-likeness (QED) is 0.892. The van der Waals surface area contributed by atoms with E-state index in [-0.39, 0.29) is 6.04 Å². The Morgan fingerprint density at radius 1 is 1.11 bits per heavy atom. The minimum absolute atomic E-state index is 0.174. The Morgan fingerprint density at radius 3 is 2.47 bits per heavy atom. The lowest BCUT2D eigenvalue weighted by Gasteiger charge is -2.17. The van der Waals surface area contributed by atoms with Crippen molar-refractivity contribution in [2.45, 2.75) is 33.2 Å². The Kier molecular flexibility index (Phi) is 4.63. The average Bonchev–Trinajstić information content (AvgIpc) is 2.43. The van der Waals surface area contributed by atoms with Gasteiger partial charge in [0.1, 0.15) is 5.82 Å². The maximum atomic E-state index is 4.36. The molecule has 0 aliphatic heterocycles. The third-order valence-electron chi connectivity index (χ3n) is 3.36. The van der Waals surface area contributed by atoms with Crippen molar-refractivity contribution in [3.63, 3.8) is 0 Å². The van der Waals surface area contributed by atoms with Crippen LogP contribution in [0.15, 0.2) is 36.7 Å². The van der Waals surface area contributed by atoms with Crippen LogP contribution in [-0.2, 0) is 6.42 Å². The number of aromatic nitrogens is 2. The van der Waals surface area contributed by atoms with Crippen molar-refractivity contribution < 1.29 is 0 Å². The van der Waals surface area contributed by atoms with E-state index in [1.165, 1.54) is 16.7 Å². The summed E-state index contributed by atoms with van der Waals surface area (Å²) < 4.78 is 0. The number of hydrogen-bond donors (Lipinski definition) is 1. The maximum Gasteiger partial charge on any atom is 0.145 e. The molecule has 0 radical (unpaired) electrons. The number of nitrogens with zero attached hydrogens (tertiary/aromatic N) is 2. The molecule has 0 aliphatic rings. The van der Waals surface area contributed by atoms with Gasteiger partial charge in [-0.2, -0.15) is 0 Å². The molecule has 2 aromatic rings. The summed E-state index contributed by atoms with van der Waals surface area (Å²) in [5, 5.41) is 3.46. The molecule has 1 N–H and O–H groups in total. The third kappa shape index (κ3) is 3.61. The lowest BCUT2D eigenvalue weighted by Crippen LogP contribution is -2.24. The SMILES string of the molecule is CCNC(Cc1ccc(C)c(C)c1)c1ncccn1. The second kappa shape index (κ2) is 6.43. The molecule has 0 saturated heterocycles. The molecule has 1 aromatic carbocycles. The fourth-order valence-corrected chi connectivity index (χ4v) is 2.16. The molecule has 19 heavy (non-hydrogen) atoms. The number of nitrogens with one attached hydrogen (secondary N) is 1. The number of likely N-dealkylation sites (N-methyl/N-ethyl adjacent to an activating group) is 1. The fraction of sp³-hybridized carbons (Fsp3) is 0.375. The Bertz CT molecular complexity index is 523. The van der Waals surface area contributed by atoms with Gasteiger partial charge < -0.3 is 5.32 Å². The minimum Gasteiger partial charge on any atom is -0.307 e. The first-order chi connectivity index (χ1) is 9.20. The molecule has 0 amide bonds. The van der Waals surface area contributed by atoms with Crippen LogP contribution in [0, 0.1) is 13.8 Å². The van der Waals surface area contributed by atoms with Crippen LogP contribution in [0.4, 0.5) is 0 Å². The van der Waals surface area contributed by atoms with Crippen molar-refractivity contribution in [2.75, 3.05) is 6.54 Å². The molecule has 3 nitrogen and oxygen atoms in total. The van der Waals surface area contributed by atoms with Gasteiger partial charge in [-0.05, 0) is 49.6 Å². The Hall–Kier alpha value is -1.74. The molecule has 2 rings (SSSR count). The molecule has 0 spiro atoms. The van der Waals surface area contributed by atoms with E-state index in [1.807, 2.05) is 6.07 Å². The van der Waals surface area contributed by atoms with Crippen LogP contribution < -0.4 is 5.32 Å². The maximum absolute atomic E-state index is 4.36. The predicted molar refractivity (Wildman–Crippen MR) is 78.1 cm³/mol. The first-order valence-corrected chi connectivity index (χ1v) is 6.77. The summed E-state index contributed by atoms with van der Waals surface area (Å²) in [5.74, 6) is 0.863. The second-order valence-corrected chi connectivity index (χ2v) is 4.84. The molecule has 100 valence electrons. The molecule has 0 fully saturated rings.